The molecule has 1 aromatic rings. The number of aldehydes is 1. The molecule has 4 amide bonds. The molecule has 2 fully saturated rings. The Bertz CT molecular complexity index is 928. The van der Waals surface area contributed by atoms with Gasteiger partial charge in [0.1, 0.15) is 11.8 Å². The normalized spacial score (nSPS) is 18.7. The van der Waals surface area contributed by atoms with E-state index >= 15 is 0 Å². The molecule has 2 saturated heterocycles. The summed E-state index contributed by atoms with van der Waals surface area (Å²) in [6.07, 6.45) is 6.47. The van der Waals surface area contributed by atoms with Crippen LogP contribution < -0.4 is 10.1 Å². The number of likely N-dealkylation sites (N-methyl/N-ethyl adjacent to an activating group) is 1. The number of piperidine rings is 2. The zero-order valence-electron chi connectivity index (χ0n) is 20.1. The second kappa shape index (κ2) is 13.0. The van der Waals surface area contributed by atoms with Crippen LogP contribution in [0.15, 0.2) is 18.2 Å². The predicted octanol–water partition coefficient (Wildman–Crippen LogP) is 1.56. The van der Waals surface area contributed by atoms with Crippen molar-refractivity contribution in [2.45, 2.75) is 57.1 Å². The summed E-state index contributed by atoms with van der Waals surface area (Å²) in [6, 6.07) is 3.91. The van der Waals surface area contributed by atoms with Crippen molar-refractivity contribution < 1.29 is 33.4 Å². The van der Waals surface area contributed by atoms with Crippen LogP contribution in [0.3, 0.4) is 0 Å². The average Bonchev–Trinajstić information content (AvgIpc) is 2.87. The van der Waals surface area contributed by atoms with Crippen molar-refractivity contribution in [3.8, 4) is 5.75 Å². The third kappa shape index (κ3) is 7.35. The van der Waals surface area contributed by atoms with E-state index in [4.69, 9.17) is 9.47 Å². The zero-order chi connectivity index (χ0) is 25.2. The number of carbonyl (C=O) groups is 5. The van der Waals surface area contributed by atoms with Gasteiger partial charge in [-0.25, -0.2) is 0 Å². The fourth-order valence-corrected chi connectivity index (χ4v) is 4.27. The van der Waals surface area contributed by atoms with Crippen molar-refractivity contribution in [2.75, 3.05) is 33.4 Å². The molecular weight excluding hydrogens is 454 g/mol. The van der Waals surface area contributed by atoms with Crippen LogP contribution in [-0.2, 0) is 19.1 Å². The predicted molar refractivity (Wildman–Crippen MR) is 126 cm³/mol. The Hall–Kier alpha value is -3.27. The maximum Gasteiger partial charge on any atom is 0.255 e. The lowest BCUT2D eigenvalue weighted by molar-refractivity contribution is -0.136. The van der Waals surface area contributed by atoms with Gasteiger partial charge in [0, 0.05) is 38.7 Å². The molecule has 2 aliphatic heterocycles. The minimum absolute atomic E-state index is 0.152. The molecule has 35 heavy (non-hydrogen) atoms. The lowest BCUT2D eigenvalue weighted by atomic mass is 10.0. The Morgan fingerprint density at radius 3 is 2.54 bits per heavy atom. The molecule has 1 atom stereocenters. The number of benzene rings is 1. The molecule has 0 aromatic heterocycles. The lowest BCUT2D eigenvalue weighted by Crippen LogP contribution is -2.53. The van der Waals surface area contributed by atoms with E-state index in [1.54, 1.807) is 11.0 Å². The van der Waals surface area contributed by atoms with Gasteiger partial charge in [0.05, 0.1) is 18.3 Å². The summed E-state index contributed by atoms with van der Waals surface area (Å²) >= 11 is 0. The number of nitrogens with one attached hydrogen (secondary N) is 1. The van der Waals surface area contributed by atoms with Crippen LogP contribution in [-0.4, -0.2) is 85.7 Å². The van der Waals surface area contributed by atoms with Crippen molar-refractivity contribution in [2.24, 2.45) is 0 Å². The highest BCUT2D eigenvalue weighted by atomic mass is 16.5. The molecule has 2 aliphatic rings. The van der Waals surface area contributed by atoms with Crippen LogP contribution in [0, 0.1) is 0 Å². The van der Waals surface area contributed by atoms with Gasteiger partial charge in [0.2, 0.25) is 18.2 Å². The lowest BCUT2D eigenvalue weighted by Gasteiger charge is -2.30. The summed E-state index contributed by atoms with van der Waals surface area (Å²) in [7, 11) is 1.48. The Kier molecular flexibility index (Phi) is 9.77. The molecule has 0 saturated carbocycles. The Morgan fingerprint density at radius 1 is 1.11 bits per heavy atom. The first-order valence-corrected chi connectivity index (χ1v) is 12.1. The molecular formula is C25H33N3O7. The molecule has 1 unspecified atom stereocenters. The smallest absolute Gasteiger partial charge is 0.255 e. The largest absolute Gasteiger partial charge is 0.494 e. The number of imide groups is 1. The second-order valence-corrected chi connectivity index (χ2v) is 8.87. The van der Waals surface area contributed by atoms with Crippen LogP contribution in [0.25, 0.3) is 0 Å². The molecule has 0 spiro atoms. The first kappa shape index (κ1) is 26.3. The molecule has 1 aromatic carbocycles. The number of nitrogens with zero attached hydrogens (tertiary/aromatic N) is 2. The van der Waals surface area contributed by atoms with Crippen molar-refractivity contribution in [3.05, 3.63) is 29.3 Å². The van der Waals surface area contributed by atoms with E-state index in [0.29, 0.717) is 25.2 Å². The summed E-state index contributed by atoms with van der Waals surface area (Å²) in [5, 5.41) is 2.24. The van der Waals surface area contributed by atoms with Crippen LogP contribution in [0.4, 0.5) is 0 Å². The van der Waals surface area contributed by atoms with Crippen LogP contribution in [0.1, 0.15) is 65.7 Å². The van der Waals surface area contributed by atoms with Gasteiger partial charge in [-0.3, -0.25) is 29.3 Å². The first-order chi connectivity index (χ1) is 16.9. The molecule has 0 radical (unpaired) electrons. The van der Waals surface area contributed by atoms with Gasteiger partial charge in [-0.15, -0.1) is 0 Å². The van der Waals surface area contributed by atoms with E-state index in [9.17, 15) is 24.0 Å². The minimum Gasteiger partial charge on any atom is -0.494 e. The van der Waals surface area contributed by atoms with Crippen molar-refractivity contribution in [3.63, 3.8) is 0 Å². The zero-order valence-corrected chi connectivity index (χ0v) is 20.1. The molecule has 3 rings (SSSR count). The highest BCUT2D eigenvalue weighted by Crippen LogP contribution is 2.21. The molecule has 10 heteroatoms. The number of likely N-dealkylation sites (tertiary alicyclic amines) is 1. The van der Waals surface area contributed by atoms with Gasteiger partial charge in [-0.2, -0.15) is 0 Å². The summed E-state index contributed by atoms with van der Waals surface area (Å²) in [5.74, 6) is -0.896. The summed E-state index contributed by atoms with van der Waals surface area (Å²) < 4.78 is 11.7. The number of amides is 4. The standard InChI is InChI=1S/C25H33N3O7/c1-27(22-7-8-23(31)26-24(22)32)25(33)21-15-20(6-5-18(21)16-29)35-14-4-2-3-13-34-19-9-11-28(17-30)12-10-19/h5-6,15-17,19,22H,2-4,7-14H2,1H3,(H,26,31,32). The van der Waals surface area contributed by atoms with E-state index in [1.165, 1.54) is 24.1 Å². The van der Waals surface area contributed by atoms with Gasteiger partial charge in [0.15, 0.2) is 6.29 Å². The van der Waals surface area contributed by atoms with Gasteiger partial charge in [-0.05, 0) is 56.7 Å². The summed E-state index contributed by atoms with van der Waals surface area (Å²) in [6.45, 7) is 2.62. The summed E-state index contributed by atoms with van der Waals surface area (Å²) in [5.41, 5.74) is 0.358. The van der Waals surface area contributed by atoms with Crippen LogP contribution in [0.2, 0.25) is 0 Å². The maximum absolute atomic E-state index is 13.0. The number of hydrogen-bond acceptors (Lipinski definition) is 7. The molecule has 0 aliphatic carbocycles. The van der Waals surface area contributed by atoms with Gasteiger partial charge >= 0.3 is 0 Å². The Balaban J connectivity index is 1.43. The monoisotopic (exact) mass is 487 g/mol. The fourth-order valence-electron chi connectivity index (χ4n) is 4.27. The van der Waals surface area contributed by atoms with Crippen molar-refractivity contribution >= 4 is 30.4 Å². The van der Waals surface area contributed by atoms with E-state index in [0.717, 1.165) is 51.6 Å². The van der Waals surface area contributed by atoms with Crippen LogP contribution in [0.5, 0.6) is 5.75 Å². The Morgan fingerprint density at radius 2 is 1.86 bits per heavy atom. The number of unbranched alkanes of at least 4 members (excludes halogenated alkanes) is 2. The summed E-state index contributed by atoms with van der Waals surface area (Å²) in [4.78, 5) is 61.8. The molecule has 1 N–H and O–H groups in total. The van der Waals surface area contributed by atoms with Crippen LogP contribution >= 0.6 is 0 Å². The maximum atomic E-state index is 13.0. The van der Waals surface area contributed by atoms with Gasteiger partial charge < -0.3 is 19.3 Å². The number of carbonyl (C=O) groups excluding carboxylic acids is 5. The highest BCUT2D eigenvalue weighted by molar-refractivity contribution is 6.06. The quantitative estimate of drug-likeness (QED) is 0.270. The third-order valence-corrected chi connectivity index (χ3v) is 6.42. The SMILES string of the molecule is CN(C(=O)c1cc(OCCCCCOC2CCN(C=O)CC2)ccc1C=O)C1CCC(=O)NC1=O. The topological polar surface area (TPSA) is 122 Å². The van der Waals surface area contributed by atoms with E-state index in [2.05, 4.69) is 5.32 Å². The van der Waals surface area contributed by atoms with Gasteiger partial charge in [-0.1, -0.05) is 0 Å². The molecule has 0 bridgehead atoms. The Labute approximate surface area is 204 Å². The van der Waals surface area contributed by atoms with Crippen molar-refractivity contribution in [1.29, 1.82) is 0 Å². The number of ether oxygens (including phenoxy) is 2. The molecule has 2 heterocycles. The van der Waals surface area contributed by atoms with Crippen molar-refractivity contribution in [1.82, 2.24) is 15.1 Å². The number of hydrogen-bond donors (Lipinski definition) is 1. The molecule has 10 nitrogen and oxygen atoms in total. The minimum atomic E-state index is -0.774. The van der Waals surface area contributed by atoms with E-state index < -0.39 is 17.9 Å². The number of rotatable bonds is 12. The van der Waals surface area contributed by atoms with E-state index in [1.807, 2.05) is 0 Å². The second-order valence-electron chi connectivity index (χ2n) is 8.87. The van der Waals surface area contributed by atoms with Gasteiger partial charge in [0.25, 0.3) is 5.91 Å². The third-order valence-electron chi connectivity index (χ3n) is 6.42. The highest BCUT2D eigenvalue weighted by Gasteiger charge is 2.33. The first-order valence-electron chi connectivity index (χ1n) is 12.1. The molecule has 190 valence electrons. The average molecular weight is 488 g/mol. The van der Waals surface area contributed by atoms with E-state index in [-0.39, 0.29) is 36.0 Å². The fraction of sp³-hybridized carbons (Fsp3) is 0.560.